The molecule has 2 aromatic carbocycles. The summed E-state index contributed by atoms with van der Waals surface area (Å²) in [7, 11) is 1.32. The molecule has 1 amide bonds. The number of amides is 1. The molecular weight excluding hydrogens is 357 g/mol. The minimum absolute atomic E-state index is 0.00227. The zero-order valence-corrected chi connectivity index (χ0v) is 15.5. The zero-order valence-electron chi connectivity index (χ0n) is 14.7. The second kappa shape index (κ2) is 8.71. The molecule has 1 atom stereocenters. The fourth-order valence-electron chi connectivity index (χ4n) is 2.32. The largest absolute Gasteiger partial charge is 0.494 e. The van der Waals surface area contributed by atoms with Crippen molar-refractivity contribution in [3.8, 4) is 5.75 Å². The van der Waals surface area contributed by atoms with Crippen molar-refractivity contribution in [1.29, 1.82) is 0 Å². The first-order valence-electron chi connectivity index (χ1n) is 7.95. The molecule has 0 radical (unpaired) electrons. The number of ether oxygens (including phenoxy) is 1. The van der Waals surface area contributed by atoms with Crippen molar-refractivity contribution >= 4 is 23.6 Å². The Morgan fingerprint density at radius 2 is 1.81 bits per heavy atom. The Morgan fingerprint density at radius 3 is 2.31 bits per heavy atom. The van der Waals surface area contributed by atoms with E-state index in [0.717, 1.165) is 11.0 Å². The van der Waals surface area contributed by atoms with E-state index in [1.165, 1.54) is 19.2 Å². The number of thioether (sulfide) groups is 1. The van der Waals surface area contributed by atoms with Gasteiger partial charge in [0.15, 0.2) is 17.6 Å². The van der Waals surface area contributed by atoms with Gasteiger partial charge in [-0.25, -0.2) is 9.18 Å². The van der Waals surface area contributed by atoms with E-state index >= 15 is 0 Å². The fourth-order valence-corrected chi connectivity index (χ4v) is 3.16. The first-order valence-corrected chi connectivity index (χ1v) is 8.83. The van der Waals surface area contributed by atoms with Gasteiger partial charge in [0.25, 0.3) is 5.91 Å². The molecule has 0 spiro atoms. The Hall–Kier alpha value is -2.54. The Bertz CT molecular complexity index is 793. The molecule has 2 aromatic rings. The van der Waals surface area contributed by atoms with Gasteiger partial charge in [0.1, 0.15) is 0 Å². The van der Waals surface area contributed by atoms with Crippen LogP contribution in [0.4, 0.5) is 4.39 Å². The lowest BCUT2D eigenvalue weighted by atomic mass is 10.1. The first-order chi connectivity index (χ1) is 12.3. The lowest BCUT2D eigenvalue weighted by Crippen LogP contribution is -2.33. The molecule has 0 aromatic heterocycles. The molecular formula is C19H20FNO4S. The maximum absolute atomic E-state index is 13.9. The second-order valence-corrected chi connectivity index (χ2v) is 7.48. The highest BCUT2D eigenvalue weighted by Gasteiger charge is 2.24. The van der Waals surface area contributed by atoms with Crippen LogP contribution < -0.4 is 10.1 Å². The van der Waals surface area contributed by atoms with Gasteiger partial charge in [-0.05, 0) is 42.0 Å². The van der Waals surface area contributed by atoms with Gasteiger partial charge < -0.3 is 15.2 Å². The van der Waals surface area contributed by atoms with Gasteiger partial charge in [0, 0.05) is 15.7 Å². The van der Waals surface area contributed by atoms with Crippen molar-refractivity contribution < 1.29 is 23.8 Å². The summed E-state index contributed by atoms with van der Waals surface area (Å²) in [5.41, 5.74) is 0.453. The molecule has 0 saturated carbocycles. The van der Waals surface area contributed by atoms with E-state index in [2.05, 4.69) is 19.2 Å². The number of aliphatic carboxylic acids is 1. The third kappa shape index (κ3) is 4.98. The van der Waals surface area contributed by atoms with Crippen LogP contribution in [0.5, 0.6) is 5.75 Å². The number of carbonyl (C=O) groups excluding carboxylic acids is 1. The van der Waals surface area contributed by atoms with Crippen molar-refractivity contribution in [1.82, 2.24) is 5.32 Å². The summed E-state index contributed by atoms with van der Waals surface area (Å²) in [6, 6.07) is 9.29. The van der Waals surface area contributed by atoms with E-state index in [9.17, 15) is 19.1 Å². The number of rotatable bonds is 7. The highest BCUT2D eigenvalue weighted by molar-refractivity contribution is 7.99. The number of hydrogen-bond donors (Lipinski definition) is 2. The van der Waals surface area contributed by atoms with Crippen LogP contribution >= 0.6 is 11.8 Å². The van der Waals surface area contributed by atoms with Crippen LogP contribution in [0.2, 0.25) is 0 Å². The van der Waals surface area contributed by atoms with E-state index in [4.69, 9.17) is 4.74 Å². The first kappa shape index (κ1) is 19.8. The number of benzene rings is 2. The van der Waals surface area contributed by atoms with Crippen LogP contribution in [0.25, 0.3) is 0 Å². The van der Waals surface area contributed by atoms with Crippen molar-refractivity contribution in [3.63, 3.8) is 0 Å². The number of carboxylic acids is 1. The molecule has 138 valence electrons. The summed E-state index contributed by atoms with van der Waals surface area (Å²) in [6.45, 7) is 4.13. The number of carbonyl (C=O) groups is 2. The number of methoxy groups -OCH3 is 1. The van der Waals surface area contributed by atoms with Crippen LogP contribution in [-0.4, -0.2) is 29.3 Å². The van der Waals surface area contributed by atoms with Gasteiger partial charge >= 0.3 is 5.97 Å². The van der Waals surface area contributed by atoms with Crippen LogP contribution in [0.3, 0.4) is 0 Å². The summed E-state index contributed by atoms with van der Waals surface area (Å²) in [5, 5.41) is 12.2. The minimum Gasteiger partial charge on any atom is -0.494 e. The third-order valence-electron chi connectivity index (χ3n) is 3.52. The molecule has 5 nitrogen and oxygen atoms in total. The molecule has 0 saturated heterocycles. The van der Waals surface area contributed by atoms with Gasteiger partial charge in [-0.3, -0.25) is 4.79 Å². The monoisotopic (exact) mass is 377 g/mol. The molecule has 26 heavy (non-hydrogen) atoms. The normalized spacial score (nSPS) is 11.9. The summed E-state index contributed by atoms with van der Waals surface area (Å²) >= 11 is 1.66. The molecule has 0 heterocycles. The van der Waals surface area contributed by atoms with Crippen LogP contribution in [0, 0.1) is 5.82 Å². The summed E-state index contributed by atoms with van der Waals surface area (Å²) in [5.74, 6) is -2.52. The molecule has 0 fully saturated rings. The van der Waals surface area contributed by atoms with Crippen LogP contribution in [-0.2, 0) is 4.79 Å². The summed E-state index contributed by atoms with van der Waals surface area (Å²) in [6.07, 6.45) is 0. The van der Waals surface area contributed by atoms with E-state index in [1.54, 1.807) is 23.9 Å². The molecule has 2 N–H and O–H groups in total. The lowest BCUT2D eigenvalue weighted by Gasteiger charge is -2.16. The summed E-state index contributed by atoms with van der Waals surface area (Å²) in [4.78, 5) is 24.9. The Morgan fingerprint density at radius 1 is 1.15 bits per heavy atom. The molecule has 7 heteroatoms. The number of hydrogen-bond acceptors (Lipinski definition) is 4. The standard InChI is InChI=1S/C19H20FNO4S/c1-11(2)26-14-7-4-12(5-8-14)18(22)21-17(19(23)24)13-6-9-16(25-3)15(20)10-13/h4-11,17H,1-3H3,(H,21,22)(H,23,24). The van der Waals surface area contributed by atoms with Crippen molar-refractivity contribution in [2.75, 3.05) is 7.11 Å². The SMILES string of the molecule is COc1ccc(C(NC(=O)c2ccc(SC(C)C)cc2)C(=O)O)cc1F. The molecule has 0 aliphatic heterocycles. The van der Waals surface area contributed by atoms with Gasteiger partial charge in [0.05, 0.1) is 7.11 Å². The predicted molar refractivity (Wildman–Crippen MR) is 98.2 cm³/mol. The average molecular weight is 377 g/mol. The third-order valence-corrected chi connectivity index (χ3v) is 4.54. The number of nitrogens with one attached hydrogen (secondary N) is 1. The number of carboxylic acid groups (broad SMARTS) is 1. The van der Waals surface area contributed by atoms with Gasteiger partial charge in [-0.2, -0.15) is 0 Å². The molecule has 0 aliphatic carbocycles. The average Bonchev–Trinajstić information content (AvgIpc) is 2.59. The topological polar surface area (TPSA) is 75.6 Å². The minimum atomic E-state index is -1.37. The van der Waals surface area contributed by atoms with E-state index in [0.29, 0.717) is 10.8 Å². The molecule has 0 aliphatic rings. The van der Waals surface area contributed by atoms with E-state index in [1.807, 2.05) is 12.1 Å². The predicted octanol–water partition coefficient (Wildman–Crippen LogP) is 3.89. The van der Waals surface area contributed by atoms with Crippen molar-refractivity contribution in [2.45, 2.75) is 30.0 Å². The highest BCUT2D eigenvalue weighted by Crippen LogP contribution is 2.24. The molecule has 0 bridgehead atoms. The van der Waals surface area contributed by atoms with E-state index in [-0.39, 0.29) is 11.3 Å². The zero-order chi connectivity index (χ0) is 19.3. The summed E-state index contributed by atoms with van der Waals surface area (Å²) < 4.78 is 18.7. The van der Waals surface area contributed by atoms with Gasteiger partial charge in [-0.15, -0.1) is 11.8 Å². The Balaban J connectivity index is 2.18. The van der Waals surface area contributed by atoms with Crippen LogP contribution in [0.15, 0.2) is 47.4 Å². The van der Waals surface area contributed by atoms with Crippen LogP contribution in [0.1, 0.15) is 35.8 Å². The quantitative estimate of drug-likeness (QED) is 0.716. The Kier molecular flexibility index (Phi) is 6.63. The second-order valence-electron chi connectivity index (χ2n) is 5.83. The van der Waals surface area contributed by atoms with E-state index < -0.39 is 23.7 Å². The lowest BCUT2D eigenvalue weighted by molar-refractivity contribution is -0.139. The maximum Gasteiger partial charge on any atom is 0.330 e. The van der Waals surface area contributed by atoms with Gasteiger partial charge in [-0.1, -0.05) is 19.9 Å². The Labute approximate surface area is 155 Å². The molecule has 1 unspecified atom stereocenters. The smallest absolute Gasteiger partial charge is 0.330 e. The number of halogens is 1. The highest BCUT2D eigenvalue weighted by atomic mass is 32.2. The molecule has 2 rings (SSSR count). The fraction of sp³-hybridized carbons (Fsp3) is 0.263. The van der Waals surface area contributed by atoms with Crippen molar-refractivity contribution in [3.05, 3.63) is 59.4 Å². The van der Waals surface area contributed by atoms with Crippen molar-refractivity contribution in [2.24, 2.45) is 0 Å². The maximum atomic E-state index is 13.9. The van der Waals surface area contributed by atoms with Gasteiger partial charge in [0.2, 0.25) is 0 Å².